The van der Waals surface area contributed by atoms with Crippen molar-refractivity contribution in [2.75, 3.05) is 0 Å². The Morgan fingerprint density at radius 1 is 1.14 bits per heavy atom. The van der Waals surface area contributed by atoms with Gasteiger partial charge in [-0.05, 0) is 29.0 Å². The second kappa shape index (κ2) is 4.80. The number of fused-ring (bicyclic) bond motifs is 1. The molecule has 0 bridgehead atoms. The topological polar surface area (TPSA) is 63.3 Å². The normalized spacial score (nSPS) is 11.2. The molecule has 0 atom stereocenters. The standard InChI is InChI=1S/C14H7NO3S3/c16-14(17)11-12(10-6-9-7(21-10)3-5-20-9)18-13(15-11)8-2-1-4-19-8/h1-6H,(H,16,17). The fraction of sp³-hybridized carbons (Fsp3) is 0. The third-order valence-electron chi connectivity index (χ3n) is 2.92. The first kappa shape index (κ1) is 12.8. The number of carbonyl (C=O) groups is 1. The number of rotatable bonds is 3. The van der Waals surface area contributed by atoms with Crippen molar-refractivity contribution >= 4 is 49.4 Å². The zero-order valence-corrected chi connectivity index (χ0v) is 12.8. The SMILES string of the molecule is O=C(O)c1nc(-c2cccs2)oc1-c1cc2sccc2s1. The molecule has 0 aromatic carbocycles. The molecule has 0 amide bonds. The van der Waals surface area contributed by atoms with Crippen LogP contribution in [0.25, 0.3) is 30.8 Å². The molecule has 0 saturated carbocycles. The number of carboxylic acid groups (broad SMARTS) is 1. The first-order valence-electron chi connectivity index (χ1n) is 5.98. The quantitative estimate of drug-likeness (QED) is 0.570. The minimum atomic E-state index is -1.08. The molecule has 1 N–H and O–H groups in total. The summed E-state index contributed by atoms with van der Waals surface area (Å²) in [4.78, 5) is 17.2. The van der Waals surface area contributed by atoms with E-state index < -0.39 is 5.97 Å². The van der Waals surface area contributed by atoms with Gasteiger partial charge in [-0.25, -0.2) is 9.78 Å². The van der Waals surface area contributed by atoms with Gasteiger partial charge in [0.15, 0.2) is 11.5 Å². The second-order valence-corrected chi connectivity index (χ2v) is 7.22. The largest absolute Gasteiger partial charge is 0.476 e. The molecule has 0 aliphatic heterocycles. The van der Waals surface area contributed by atoms with Crippen LogP contribution in [0.4, 0.5) is 0 Å². The van der Waals surface area contributed by atoms with Crippen molar-refractivity contribution in [3.05, 3.63) is 40.7 Å². The Morgan fingerprint density at radius 2 is 2.05 bits per heavy atom. The molecule has 0 spiro atoms. The van der Waals surface area contributed by atoms with E-state index in [4.69, 9.17) is 4.42 Å². The van der Waals surface area contributed by atoms with Crippen LogP contribution in [0.5, 0.6) is 0 Å². The summed E-state index contributed by atoms with van der Waals surface area (Å²) in [6.07, 6.45) is 0. The Morgan fingerprint density at radius 3 is 2.76 bits per heavy atom. The Labute approximate surface area is 130 Å². The van der Waals surface area contributed by atoms with Crippen LogP contribution in [0, 0.1) is 0 Å². The molecule has 4 aromatic rings. The van der Waals surface area contributed by atoms with Crippen molar-refractivity contribution in [3.63, 3.8) is 0 Å². The number of hydrogen-bond acceptors (Lipinski definition) is 6. The fourth-order valence-corrected chi connectivity index (χ4v) is 4.76. The predicted octanol–water partition coefficient (Wildman–Crippen LogP) is 5.04. The van der Waals surface area contributed by atoms with Crippen LogP contribution in [0.1, 0.15) is 10.5 Å². The van der Waals surface area contributed by atoms with Crippen LogP contribution in [-0.4, -0.2) is 16.1 Å². The molecule has 7 heteroatoms. The van der Waals surface area contributed by atoms with Crippen molar-refractivity contribution in [2.24, 2.45) is 0 Å². The molecule has 0 aliphatic rings. The summed E-state index contributed by atoms with van der Waals surface area (Å²) in [5.41, 5.74) is -0.0349. The number of oxazole rings is 1. The summed E-state index contributed by atoms with van der Waals surface area (Å²) in [5, 5.41) is 13.3. The van der Waals surface area contributed by atoms with Crippen molar-refractivity contribution in [1.82, 2.24) is 4.98 Å². The summed E-state index contributed by atoms with van der Waals surface area (Å²) in [5.74, 6) is -0.387. The van der Waals surface area contributed by atoms with Crippen molar-refractivity contribution in [2.45, 2.75) is 0 Å². The maximum Gasteiger partial charge on any atom is 0.358 e. The summed E-state index contributed by atoms with van der Waals surface area (Å²) in [6, 6.07) is 7.71. The minimum Gasteiger partial charge on any atom is -0.476 e. The van der Waals surface area contributed by atoms with Crippen LogP contribution < -0.4 is 0 Å². The van der Waals surface area contributed by atoms with E-state index in [1.54, 1.807) is 11.3 Å². The molecule has 21 heavy (non-hydrogen) atoms. The molecule has 0 saturated heterocycles. The van der Waals surface area contributed by atoms with Gasteiger partial charge in [-0.1, -0.05) is 6.07 Å². The van der Waals surface area contributed by atoms with Crippen LogP contribution in [0.2, 0.25) is 0 Å². The van der Waals surface area contributed by atoms with Crippen LogP contribution in [0.15, 0.2) is 39.4 Å². The maximum atomic E-state index is 11.4. The van der Waals surface area contributed by atoms with Gasteiger partial charge in [0, 0.05) is 9.40 Å². The molecular weight excluding hydrogens is 326 g/mol. The summed E-state index contributed by atoms with van der Waals surface area (Å²) < 4.78 is 7.99. The smallest absolute Gasteiger partial charge is 0.358 e. The lowest BCUT2D eigenvalue weighted by atomic mass is 10.3. The number of thiophene rings is 3. The molecule has 4 nitrogen and oxygen atoms in total. The van der Waals surface area contributed by atoms with E-state index in [1.807, 2.05) is 35.0 Å². The second-order valence-electron chi connectivity index (χ2n) is 4.24. The van der Waals surface area contributed by atoms with Gasteiger partial charge in [0.25, 0.3) is 0 Å². The van der Waals surface area contributed by atoms with E-state index in [0.29, 0.717) is 11.7 Å². The highest BCUT2D eigenvalue weighted by Gasteiger charge is 2.23. The third kappa shape index (κ3) is 2.10. The molecular formula is C14H7NO3S3. The van der Waals surface area contributed by atoms with E-state index in [2.05, 4.69) is 4.98 Å². The average molecular weight is 333 g/mol. The van der Waals surface area contributed by atoms with Gasteiger partial charge in [0.2, 0.25) is 5.89 Å². The monoisotopic (exact) mass is 333 g/mol. The summed E-state index contributed by atoms with van der Waals surface area (Å²) in [6.45, 7) is 0. The Balaban J connectivity index is 1.90. The first-order chi connectivity index (χ1) is 10.2. The minimum absolute atomic E-state index is 0.0349. The van der Waals surface area contributed by atoms with Gasteiger partial charge in [0.05, 0.1) is 9.75 Å². The van der Waals surface area contributed by atoms with Gasteiger partial charge in [-0.2, -0.15) is 0 Å². The van der Waals surface area contributed by atoms with Gasteiger partial charge in [0.1, 0.15) is 0 Å². The lowest BCUT2D eigenvalue weighted by Crippen LogP contribution is -1.98. The Hall–Kier alpha value is -1.96. The zero-order valence-electron chi connectivity index (χ0n) is 10.4. The van der Waals surface area contributed by atoms with Crippen molar-refractivity contribution in [1.29, 1.82) is 0 Å². The van der Waals surface area contributed by atoms with Crippen LogP contribution in [-0.2, 0) is 0 Å². The molecule has 0 aliphatic carbocycles. The van der Waals surface area contributed by atoms with E-state index in [-0.39, 0.29) is 5.69 Å². The fourth-order valence-electron chi connectivity index (χ4n) is 2.02. The first-order valence-corrected chi connectivity index (χ1v) is 8.55. The lowest BCUT2D eigenvalue weighted by Gasteiger charge is -1.91. The van der Waals surface area contributed by atoms with Crippen molar-refractivity contribution in [3.8, 4) is 21.4 Å². The van der Waals surface area contributed by atoms with Crippen molar-refractivity contribution < 1.29 is 14.3 Å². The van der Waals surface area contributed by atoms with Gasteiger partial charge in [-0.3, -0.25) is 0 Å². The van der Waals surface area contributed by atoms with Crippen LogP contribution in [0.3, 0.4) is 0 Å². The molecule has 0 unspecified atom stereocenters. The highest BCUT2D eigenvalue weighted by atomic mass is 32.1. The highest BCUT2D eigenvalue weighted by Crippen LogP contribution is 2.39. The van der Waals surface area contributed by atoms with E-state index >= 15 is 0 Å². The third-order valence-corrected chi connectivity index (χ3v) is 5.87. The Kier molecular flexibility index (Phi) is 2.91. The van der Waals surface area contributed by atoms with Gasteiger partial charge < -0.3 is 9.52 Å². The van der Waals surface area contributed by atoms with E-state index in [9.17, 15) is 9.90 Å². The molecule has 4 rings (SSSR count). The number of aromatic nitrogens is 1. The van der Waals surface area contributed by atoms with E-state index in [0.717, 1.165) is 19.2 Å². The van der Waals surface area contributed by atoms with Gasteiger partial charge >= 0.3 is 5.97 Å². The molecule has 4 heterocycles. The predicted molar refractivity (Wildman–Crippen MR) is 85.5 cm³/mol. The number of hydrogen-bond donors (Lipinski definition) is 1. The molecule has 4 aromatic heterocycles. The van der Waals surface area contributed by atoms with Crippen LogP contribution >= 0.6 is 34.0 Å². The molecule has 104 valence electrons. The van der Waals surface area contributed by atoms with Gasteiger partial charge in [-0.15, -0.1) is 34.0 Å². The lowest BCUT2D eigenvalue weighted by molar-refractivity contribution is 0.0691. The number of aromatic carboxylic acids is 1. The van der Waals surface area contributed by atoms with E-state index in [1.165, 1.54) is 22.7 Å². The number of nitrogens with zero attached hydrogens (tertiary/aromatic N) is 1. The summed E-state index contributed by atoms with van der Waals surface area (Å²) in [7, 11) is 0. The molecule has 0 fully saturated rings. The number of carboxylic acids is 1. The summed E-state index contributed by atoms with van der Waals surface area (Å²) >= 11 is 4.61. The maximum absolute atomic E-state index is 11.4. The zero-order chi connectivity index (χ0) is 14.4. The Bertz CT molecular complexity index is 902. The molecule has 0 radical (unpaired) electrons. The average Bonchev–Trinajstić information content (AvgIpc) is 3.20. The highest BCUT2D eigenvalue weighted by molar-refractivity contribution is 7.28.